The van der Waals surface area contributed by atoms with Gasteiger partial charge in [0.25, 0.3) is 0 Å². The van der Waals surface area contributed by atoms with E-state index in [-0.39, 0.29) is 17.1 Å². The average Bonchev–Trinajstić information content (AvgIpc) is 2.90. The Labute approximate surface area is 106 Å². The van der Waals surface area contributed by atoms with E-state index in [1.165, 1.54) is 18.0 Å². The van der Waals surface area contributed by atoms with Crippen molar-refractivity contribution in [2.24, 2.45) is 0 Å². The molecule has 0 atom stereocenters. The van der Waals surface area contributed by atoms with E-state index >= 15 is 0 Å². The van der Waals surface area contributed by atoms with Crippen molar-refractivity contribution in [3.63, 3.8) is 0 Å². The van der Waals surface area contributed by atoms with Crippen LogP contribution in [0.5, 0.6) is 0 Å². The van der Waals surface area contributed by atoms with Gasteiger partial charge in [0.05, 0.1) is 0 Å². The molecule has 0 aliphatic heterocycles. The van der Waals surface area contributed by atoms with Crippen molar-refractivity contribution in [2.45, 2.75) is 19.0 Å². The van der Waals surface area contributed by atoms with E-state index in [0.29, 0.717) is 0 Å². The Bertz CT molecular complexity index is 267. The van der Waals surface area contributed by atoms with E-state index in [2.05, 4.69) is 30.8 Å². The zero-order chi connectivity index (χ0) is 10.1. The van der Waals surface area contributed by atoms with Gasteiger partial charge in [-0.05, 0) is 0 Å². The van der Waals surface area contributed by atoms with Gasteiger partial charge in [-0.1, -0.05) is 19.0 Å². The van der Waals surface area contributed by atoms with Crippen LogP contribution in [0.25, 0.3) is 0 Å². The van der Waals surface area contributed by atoms with E-state index < -0.39 is 0 Å². The summed E-state index contributed by atoms with van der Waals surface area (Å²) in [5.74, 6) is 0. The van der Waals surface area contributed by atoms with Gasteiger partial charge < -0.3 is 0 Å². The summed E-state index contributed by atoms with van der Waals surface area (Å²) >= 11 is 0. The van der Waals surface area contributed by atoms with Gasteiger partial charge in [-0.15, -0.1) is 0 Å². The van der Waals surface area contributed by atoms with E-state index in [4.69, 9.17) is 0 Å². The van der Waals surface area contributed by atoms with Crippen LogP contribution >= 0.6 is 0 Å². The Morgan fingerprint density at radius 1 is 1.13 bits per heavy atom. The van der Waals surface area contributed by atoms with Crippen LogP contribution in [0.1, 0.15) is 5.56 Å². The van der Waals surface area contributed by atoms with Gasteiger partial charge in [0, 0.05) is 9.52 Å². The number of rotatable bonds is 3. The smallest absolute Gasteiger partial charge is 0.214 e. The average molecular weight is 256 g/mol. The third-order valence-corrected chi connectivity index (χ3v) is 2.70. The second-order valence-corrected chi connectivity index (χ2v) is 4.32. The van der Waals surface area contributed by atoms with Crippen molar-refractivity contribution in [1.29, 1.82) is 0 Å². The summed E-state index contributed by atoms with van der Waals surface area (Å²) in [5, 5.41) is 0. The van der Waals surface area contributed by atoms with Gasteiger partial charge in [-0.2, -0.15) is 35.9 Å². The molecule has 0 saturated carbocycles. The molecule has 0 saturated heterocycles. The van der Waals surface area contributed by atoms with Crippen LogP contribution in [0.15, 0.2) is 54.6 Å². The molecule has 0 aliphatic carbocycles. The first-order chi connectivity index (χ1) is 6.93. The maximum atomic E-state index is 2.25. The summed E-state index contributed by atoms with van der Waals surface area (Å²) in [4.78, 5) is 0. The molecule has 0 unspecified atom stereocenters. The minimum Gasteiger partial charge on any atom is -0.214 e. The molecule has 0 N–H and O–H groups in total. The van der Waals surface area contributed by atoms with Crippen molar-refractivity contribution in [1.82, 2.24) is 0 Å². The van der Waals surface area contributed by atoms with Crippen molar-refractivity contribution in [2.75, 3.05) is 0 Å². The van der Waals surface area contributed by atoms with E-state index in [1.54, 1.807) is 0 Å². The molecular weight excluding hydrogens is 240 g/mol. The zero-order valence-corrected chi connectivity index (χ0v) is 11.1. The summed E-state index contributed by atoms with van der Waals surface area (Å²) in [5.41, 5.74) is 1.49. The topological polar surface area (TPSA) is 0 Å². The van der Waals surface area contributed by atoms with Crippen LogP contribution in [-0.2, 0) is 23.5 Å². The SMILES string of the molecule is C[Si]CCc1ccc[cH-]1.[Fe+2].c1cc[cH-]c1. The predicted octanol–water partition coefficient (Wildman–Crippen LogP) is 3.52. The van der Waals surface area contributed by atoms with Gasteiger partial charge in [-0.25, -0.2) is 24.3 Å². The van der Waals surface area contributed by atoms with E-state index in [0.717, 1.165) is 9.52 Å². The van der Waals surface area contributed by atoms with Crippen LogP contribution in [0.2, 0.25) is 12.6 Å². The molecule has 2 aromatic rings. The third kappa shape index (κ3) is 7.38. The minimum absolute atomic E-state index is 0. The van der Waals surface area contributed by atoms with Crippen LogP contribution in [0, 0.1) is 0 Å². The van der Waals surface area contributed by atoms with Crippen molar-refractivity contribution < 1.29 is 17.1 Å². The van der Waals surface area contributed by atoms with Crippen molar-refractivity contribution in [3.05, 3.63) is 60.2 Å². The first kappa shape index (κ1) is 14.4. The van der Waals surface area contributed by atoms with Gasteiger partial charge in [0.1, 0.15) is 0 Å². The van der Waals surface area contributed by atoms with Crippen LogP contribution < -0.4 is 0 Å². The Morgan fingerprint density at radius 3 is 2.27 bits per heavy atom. The van der Waals surface area contributed by atoms with Crippen LogP contribution in [-0.4, -0.2) is 9.52 Å². The second-order valence-electron chi connectivity index (χ2n) is 3.11. The fourth-order valence-corrected chi connectivity index (χ4v) is 1.71. The Morgan fingerprint density at radius 2 is 1.87 bits per heavy atom. The number of hydrogen-bond donors (Lipinski definition) is 0. The third-order valence-electron chi connectivity index (χ3n) is 1.95. The molecule has 0 spiro atoms. The van der Waals surface area contributed by atoms with Crippen molar-refractivity contribution in [3.8, 4) is 0 Å². The molecule has 0 amide bonds. The molecular formula is C13H16FeSi. The number of aryl methyl sites for hydroxylation is 1. The molecule has 0 aromatic heterocycles. The Kier molecular flexibility index (Phi) is 9.60. The molecule has 0 heterocycles. The second kappa shape index (κ2) is 9.97. The molecule has 0 bridgehead atoms. The van der Waals surface area contributed by atoms with Gasteiger partial charge >= 0.3 is 17.1 Å². The first-order valence-corrected chi connectivity index (χ1v) is 6.66. The first-order valence-electron chi connectivity index (χ1n) is 4.95. The van der Waals surface area contributed by atoms with E-state index in [9.17, 15) is 0 Å². The van der Waals surface area contributed by atoms with Crippen LogP contribution in [0.3, 0.4) is 0 Å². The van der Waals surface area contributed by atoms with Crippen molar-refractivity contribution >= 4 is 9.52 Å². The largest absolute Gasteiger partial charge is 2.00 e. The fourth-order valence-electron chi connectivity index (χ4n) is 1.17. The molecule has 2 rings (SSSR count). The molecule has 0 aliphatic rings. The summed E-state index contributed by atoms with van der Waals surface area (Å²) in [7, 11) is 1.10. The number of hydrogen-bond acceptors (Lipinski definition) is 0. The molecule has 0 fully saturated rings. The fraction of sp³-hybridized carbons (Fsp3) is 0.231. The Hall–Kier alpha value is -0.564. The quantitative estimate of drug-likeness (QED) is 0.582. The van der Waals surface area contributed by atoms with Gasteiger partial charge in [0.2, 0.25) is 0 Å². The molecule has 2 heteroatoms. The normalized spacial score (nSPS) is 8.60. The van der Waals surface area contributed by atoms with Gasteiger partial charge in [-0.3, -0.25) is 0 Å². The van der Waals surface area contributed by atoms with Gasteiger partial charge in [0.15, 0.2) is 0 Å². The summed E-state index contributed by atoms with van der Waals surface area (Å²) in [6, 6.07) is 20.0. The van der Waals surface area contributed by atoms with E-state index in [1.807, 2.05) is 30.3 Å². The standard InChI is InChI=1S/C8H11Si.C5H5.Fe/c1-9-7-6-8-4-2-3-5-8;1-2-4-5-3-1;/h2-5H,6-7H2,1H3;1-5H;/q2*-1;+2. The summed E-state index contributed by atoms with van der Waals surface area (Å²) in [6.45, 7) is 2.25. The molecule has 2 aromatic carbocycles. The maximum absolute atomic E-state index is 2.25. The minimum atomic E-state index is 0. The Balaban J connectivity index is 0.000000280. The molecule has 80 valence electrons. The maximum Gasteiger partial charge on any atom is 2.00 e. The monoisotopic (exact) mass is 256 g/mol. The molecule has 0 nitrogen and oxygen atoms in total. The summed E-state index contributed by atoms with van der Waals surface area (Å²) in [6.07, 6.45) is 1.27. The molecule has 15 heavy (non-hydrogen) atoms. The zero-order valence-electron chi connectivity index (χ0n) is 8.96. The molecule has 2 radical (unpaired) electrons. The van der Waals surface area contributed by atoms with Crippen LogP contribution in [0.4, 0.5) is 0 Å². The summed E-state index contributed by atoms with van der Waals surface area (Å²) < 4.78 is 0. The predicted molar refractivity (Wildman–Crippen MR) is 64.2 cm³/mol.